The van der Waals surface area contributed by atoms with E-state index in [9.17, 15) is 4.79 Å². The zero-order chi connectivity index (χ0) is 11.3. The molecule has 0 atom stereocenters. The number of ether oxygens (including phenoxy) is 1. The van der Waals surface area contributed by atoms with Gasteiger partial charge in [0.2, 0.25) is 5.71 Å². The van der Waals surface area contributed by atoms with Gasteiger partial charge in [-0.1, -0.05) is 12.1 Å². The number of thiazole rings is 1. The molecular formula is C9H12N2O3S. The number of esters is 1. The highest BCUT2D eigenvalue weighted by Gasteiger charge is 2.18. The maximum absolute atomic E-state index is 11.3. The first-order valence-electron chi connectivity index (χ1n) is 4.56. The summed E-state index contributed by atoms with van der Waals surface area (Å²) < 4.78 is 4.73. The van der Waals surface area contributed by atoms with E-state index < -0.39 is 5.97 Å². The van der Waals surface area contributed by atoms with Crippen molar-refractivity contribution in [1.82, 2.24) is 4.98 Å². The summed E-state index contributed by atoms with van der Waals surface area (Å²) >= 11 is 1.42. The minimum Gasteiger partial charge on any atom is -0.461 e. The van der Waals surface area contributed by atoms with E-state index >= 15 is 0 Å². The number of hydrogen-bond acceptors (Lipinski definition) is 6. The summed E-state index contributed by atoms with van der Waals surface area (Å²) in [7, 11) is 0. The number of hydrogen-bond donors (Lipinski definition) is 1. The van der Waals surface area contributed by atoms with E-state index in [1.165, 1.54) is 11.3 Å². The molecule has 0 saturated heterocycles. The van der Waals surface area contributed by atoms with Gasteiger partial charge in [0.1, 0.15) is 5.69 Å². The van der Waals surface area contributed by atoms with Gasteiger partial charge < -0.3 is 9.94 Å². The smallest absolute Gasteiger partial charge is 0.362 e. The lowest BCUT2D eigenvalue weighted by molar-refractivity contribution is -0.135. The van der Waals surface area contributed by atoms with Crippen molar-refractivity contribution in [2.45, 2.75) is 20.3 Å². The molecule has 0 amide bonds. The van der Waals surface area contributed by atoms with Gasteiger partial charge in [-0.3, -0.25) is 0 Å². The van der Waals surface area contributed by atoms with E-state index in [-0.39, 0.29) is 12.3 Å². The normalized spacial score (nSPS) is 11.5. The molecule has 0 unspecified atom stereocenters. The van der Waals surface area contributed by atoms with Crippen molar-refractivity contribution >= 4 is 23.0 Å². The number of carbonyl (C=O) groups excluding carboxylic acids is 1. The summed E-state index contributed by atoms with van der Waals surface area (Å²) in [6.07, 6.45) is 0.784. The molecule has 1 heterocycles. The maximum atomic E-state index is 11.3. The van der Waals surface area contributed by atoms with Crippen molar-refractivity contribution < 1.29 is 14.7 Å². The van der Waals surface area contributed by atoms with Crippen molar-refractivity contribution in [2.24, 2.45) is 5.16 Å². The van der Waals surface area contributed by atoms with Crippen LogP contribution >= 0.6 is 11.3 Å². The summed E-state index contributed by atoms with van der Waals surface area (Å²) in [4.78, 5) is 15.5. The third-order valence-corrected chi connectivity index (χ3v) is 2.66. The van der Waals surface area contributed by atoms with Crippen molar-refractivity contribution in [3.63, 3.8) is 0 Å². The Kier molecular flexibility index (Phi) is 4.23. The molecule has 0 bridgehead atoms. The Morgan fingerprint density at radius 1 is 1.67 bits per heavy atom. The van der Waals surface area contributed by atoms with Gasteiger partial charge in [0.05, 0.1) is 11.6 Å². The van der Waals surface area contributed by atoms with Crippen LogP contribution in [0.5, 0.6) is 0 Å². The molecule has 1 aromatic rings. The predicted molar refractivity (Wildman–Crippen MR) is 56.4 cm³/mol. The Morgan fingerprint density at radius 3 is 2.87 bits per heavy atom. The van der Waals surface area contributed by atoms with E-state index in [1.54, 1.807) is 12.3 Å². The number of oxime groups is 1. The quantitative estimate of drug-likeness (QED) is 0.366. The van der Waals surface area contributed by atoms with Crippen LogP contribution < -0.4 is 0 Å². The lowest BCUT2D eigenvalue weighted by atomic mass is 10.3. The molecule has 0 aliphatic rings. The molecule has 15 heavy (non-hydrogen) atoms. The molecule has 0 saturated carbocycles. The Hall–Kier alpha value is -1.43. The van der Waals surface area contributed by atoms with E-state index in [0.29, 0.717) is 5.69 Å². The number of nitrogens with zero attached hydrogens (tertiary/aromatic N) is 2. The van der Waals surface area contributed by atoms with Crippen LogP contribution in [0.2, 0.25) is 0 Å². The average Bonchev–Trinajstić information content (AvgIpc) is 2.68. The van der Waals surface area contributed by atoms with Crippen LogP contribution in [0.15, 0.2) is 10.5 Å². The Labute approximate surface area is 91.4 Å². The van der Waals surface area contributed by atoms with Crippen LogP contribution in [0.4, 0.5) is 0 Å². The van der Waals surface area contributed by atoms with Gasteiger partial charge in [0.15, 0.2) is 0 Å². The Bertz CT molecular complexity index is 373. The average molecular weight is 228 g/mol. The van der Waals surface area contributed by atoms with Gasteiger partial charge in [0.25, 0.3) is 0 Å². The minimum atomic E-state index is -0.659. The molecule has 1 N–H and O–H groups in total. The van der Waals surface area contributed by atoms with Crippen molar-refractivity contribution in [3.8, 4) is 0 Å². The summed E-state index contributed by atoms with van der Waals surface area (Å²) in [5.74, 6) is -0.659. The van der Waals surface area contributed by atoms with E-state index in [1.807, 2.05) is 6.92 Å². The lowest BCUT2D eigenvalue weighted by Gasteiger charge is -2.00. The molecule has 1 rings (SSSR count). The standard InChI is InChI=1S/C9H12N2O3S/c1-3-7-10-6(5-15-7)8(11-13)9(12)14-4-2/h5,13H,3-4H2,1-2H3. The van der Waals surface area contributed by atoms with E-state index in [4.69, 9.17) is 9.94 Å². The predicted octanol–water partition coefficient (Wildman–Crippen LogP) is 1.45. The topological polar surface area (TPSA) is 71.8 Å². The zero-order valence-electron chi connectivity index (χ0n) is 8.56. The van der Waals surface area contributed by atoms with E-state index in [0.717, 1.165) is 11.4 Å². The van der Waals surface area contributed by atoms with Crippen LogP contribution in [-0.4, -0.2) is 28.5 Å². The molecular weight excluding hydrogens is 216 g/mol. The van der Waals surface area contributed by atoms with E-state index in [2.05, 4.69) is 10.1 Å². The fraction of sp³-hybridized carbons (Fsp3) is 0.444. The second-order valence-electron chi connectivity index (χ2n) is 2.65. The Morgan fingerprint density at radius 2 is 2.40 bits per heavy atom. The van der Waals surface area contributed by atoms with Crippen LogP contribution in [0.3, 0.4) is 0 Å². The first kappa shape index (κ1) is 11.6. The number of aryl methyl sites for hydroxylation is 1. The molecule has 82 valence electrons. The lowest BCUT2D eigenvalue weighted by Crippen LogP contribution is -2.19. The van der Waals surface area contributed by atoms with Crippen LogP contribution in [0, 0.1) is 0 Å². The monoisotopic (exact) mass is 228 g/mol. The number of aromatic nitrogens is 1. The summed E-state index contributed by atoms with van der Waals surface area (Å²) in [6.45, 7) is 3.89. The third kappa shape index (κ3) is 2.76. The minimum absolute atomic E-state index is 0.146. The molecule has 0 aliphatic heterocycles. The summed E-state index contributed by atoms with van der Waals surface area (Å²) in [5.41, 5.74) is 0.214. The van der Waals surface area contributed by atoms with Crippen LogP contribution in [0.1, 0.15) is 24.5 Å². The molecule has 6 heteroatoms. The van der Waals surface area contributed by atoms with Gasteiger partial charge in [-0.15, -0.1) is 11.3 Å². The van der Waals surface area contributed by atoms with Gasteiger partial charge in [-0.2, -0.15) is 0 Å². The van der Waals surface area contributed by atoms with Crippen molar-refractivity contribution in [1.29, 1.82) is 0 Å². The second kappa shape index (κ2) is 5.45. The highest BCUT2D eigenvalue weighted by atomic mass is 32.1. The first-order chi connectivity index (χ1) is 7.22. The Balaban J connectivity index is 2.88. The first-order valence-corrected chi connectivity index (χ1v) is 5.44. The molecule has 0 aliphatic carbocycles. The molecule has 1 aromatic heterocycles. The highest BCUT2D eigenvalue weighted by molar-refractivity contribution is 7.09. The van der Waals surface area contributed by atoms with Crippen LogP contribution in [-0.2, 0) is 16.0 Å². The molecule has 0 fully saturated rings. The summed E-state index contributed by atoms with van der Waals surface area (Å²) in [6, 6.07) is 0. The van der Waals surface area contributed by atoms with Gasteiger partial charge in [-0.25, -0.2) is 9.78 Å². The third-order valence-electron chi connectivity index (χ3n) is 1.67. The highest BCUT2D eigenvalue weighted by Crippen LogP contribution is 2.11. The van der Waals surface area contributed by atoms with Gasteiger partial charge in [0, 0.05) is 5.38 Å². The van der Waals surface area contributed by atoms with Crippen LogP contribution in [0.25, 0.3) is 0 Å². The maximum Gasteiger partial charge on any atom is 0.362 e. The number of carbonyl (C=O) groups is 1. The van der Waals surface area contributed by atoms with Gasteiger partial charge in [-0.05, 0) is 13.3 Å². The molecule has 0 spiro atoms. The largest absolute Gasteiger partial charge is 0.461 e. The fourth-order valence-corrected chi connectivity index (χ4v) is 1.71. The molecule has 0 radical (unpaired) electrons. The zero-order valence-corrected chi connectivity index (χ0v) is 9.37. The van der Waals surface area contributed by atoms with Crippen molar-refractivity contribution in [2.75, 3.05) is 6.61 Å². The molecule has 5 nitrogen and oxygen atoms in total. The molecule has 0 aromatic carbocycles. The second-order valence-corrected chi connectivity index (χ2v) is 3.59. The van der Waals surface area contributed by atoms with Gasteiger partial charge >= 0.3 is 5.97 Å². The fourth-order valence-electron chi connectivity index (χ4n) is 0.978. The van der Waals surface area contributed by atoms with Crippen molar-refractivity contribution in [3.05, 3.63) is 16.1 Å². The SMILES string of the molecule is CCOC(=O)C(=NO)c1csc(CC)n1. The number of rotatable bonds is 4. The summed E-state index contributed by atoms with van der Waals surface area (Å²) in [5, 5.41) is 14.2.